The number of amides is 2. The number of carbonyl (C=O) groups is 2. The zero-order chi connectivity index (χ0) is 16.4. The molecular weight excluding hydrogens is 316 g/mol. The van der Waals surface area contributed by atoms with Gasteiger partial charge in [-0.2, -0.15) is 5.26 Å². The smallest absolute Gasteiger partial charge is 0.312 e. The Hall–Kier alpha value is -2.26. The van der Waals surface area contributed by atoms with E-state index in [4.69, 9.17) is 16.9 Å². The van der Waals surface area contributed by atoms with E-state index in [2.05, 4.69) is 10.2 Å². The van der Waals surface area contributed by atoms with Crippen molar-refractivity contribution in [2.75, 3.05) is 31.1 Å². The van der Waals surface area contributed by atoms with Gasteiger partial charge in [0.05, 0.1) is 10.6 Å². The van der Waals surface area contributed by atoms with Crippen molar-refractivity contribution in [3.05, 3.63) is 28.8 Å². The summed E-state index contributed by atoms with van der Waals surface area (Å²) < 4.78 is 0. The first-order valence-corrected chi connectivity index (χ1v) is 8.00. The van der Waals surface area contributed by atoms with E-state index in [-0.39, 0.29) is 6.04 Å². The molecule has 0 aromatic heterocycles. The van der Waals surface area contributed by atoms with Crippen molar-refractivity contribution < 1.29 is 9.59 Å². The van der Waals surface area contributed by atoms with Crippen LogP contribution >= 0.6 is 11.6 Å². The lowest BCUT2D eigenvalue weighted by molar-refractivity contribution is -0.146. The summed E-state index contributed by atoms with van der Waals surface area (Å²) in [4.78, 5) is 27.6. The Labute approximate surface area is 139 Å². The summed E-state index contributed by atoms with van der Waals surface area (Å²) in [7, 11) is 0. The number of rotatable bonds is 2. The summed E-state index contributed by atoms with van der Waals surface area (Å²) in [5.41, 5.74) is 1.37. The van der Waals surface area contributed by atoms with Crippen LogP contribution in [0.1, 0.15) is 18.4 Å². The van der Waals surface area contributed by atoms with E-state index >= 15 is 0 Å². The Morgan fingerprint density at radius 1 is 1.22 bits per heavy atom. The van der Waals surface area contributed by atoms with Crippen LogP contribution in [0.5, 0.6) is 0 Å². The van der Waals surface area contributed by atoms with Gasteiger partial charge in [0.2, 0.25) is 0 Å². The van der Waals surface area contributed by atoms with Crippen LogP contribution < -0.4 is 10.2 Å². The molecule has 120 valence electrons. The molecule has 1 N–H and O–H groups in total. The maximum Gasteiger partial charge on any atom is 0.312 e. The molecule has 0 bridgehead atoms. The highest BCUT2D eigenvalue weighted by atomic mass is 35.5. The van der Waals surface area contributed by atoms with Crippen LogP contribution in [0.2, 0.25) is 5.02 Å². The molecule has 1 heterocycles. The fourth-order valence-electron chi connectivity index (χ4n) is 2.58. The molecule has 2 fully saturated rings. The lowest BCUT2D eigenvalue weighted by Crippen LogP contribution is -2.53. The van der Waals surface area contributed by atoms with Gasteiger partial charge in [-0.1, -0.05) is 11.6 Å². The number of hydrogen-bond donors (Lipinski definition) is 1. The fraction of sp³-hybridized carbons (Fsp3) is 0.438. The molecule has 1 aliphatic carbocycles. The van der Waals surface area contributed by atoms with Gasteiger partial charge in [0.15, 0.2) is 0 Å². The molecule has 2 amide bonds. The Morgan fingerprint density at radius 2 is 1.91 bits per heavy atom. The van der Waals surface area contributed by atoms with E-state index in [0.29, 0.717) is 36.8 Å². The Balaban J connectivity index is 1.57. The standard InChI is InChI=1S/C16H17ClN4O2/c17-14-9-13(4-1-11(14)10-18)20-5-7-21(8-6-20)16(23)15(22)19-12-2-3-12/h1,4,9,12H,2-3,5-8H2,(H,19,22). The van der Waals surface area contributed by atoms with Crippen LogP contribution in [0.4, 0.5) is 5.69 Å². The predicted octanol–water partition coefficient (Wildman–Crippen LogP) is 1.14. The molecule has 1 aromatic carbocycles. The van der Waals surface area contributed by atoms with Crippen molar-refractivity contribution in [1.82, 2.24) is 10.2 Å². The summed E-state index contributed by atoms with van der Waals surface area (Å²) in [5.74, 6) is -0.947. The van der Waals surface area contributed by atoms with E-state index in [1.54, 1.807) is 17.0 Å². The Kier molecular flexibility index (Phi) is 4.39. The number of benzene rings is 1. The monoisotopic (exact) mass is 332 g/mol. The molecule has 1 saturated carbocycles. The summed E-state index contributed by atoms with van der Waals surface area (Å²) in [5, 5.41) is 12.0. The third-order valence-corrected chi connectivity index (χ3v) is 4.42. The highest BCUT2D eigenvalue weighted by Crippen LogP contribution is 2.24. The van der Waals surface area contributed by atoms with Crippen LogP contribution in [-0.2, 0) is 9.59 Å². The third kappa shape index (κ3) is 3.57. The van der Waals surface area contributed by atoms with Crippen molar-refractivity contribution in [1.29, 1.82) is 5.26 Å². The maximum absolute atomic E-state index is 12.1. The van der Waals surface area contributed by atoms with Gasteiger partial charge in [-0.3, -0.25) is 9.59 Å². The fourth-order valence-corrected chi connectivity index (χ4v) is 2.79. The Morgan fingerprint density at radius 3 is 2.48 bits per heavy atom. The highest BCUT2D eigenvalue weighted by Gasteiger charge is 2.30. The zero-order valence-electron chi connectivity index (χ0n) is 12.6. The van der Waals surface area contributed by atoms with Crippen molar-refractivity contribution in [3.8, 4) is 6.07 Å². The molecular formula is C16H17ClN4O2. The average Bonchev–Trinajstić information content (AvgIpc) is 3.38. The summed E-state index contributed by atoms with van der Waals surface area (Å²) >= 11 is 6.06. The number of piperazine rings is 1. The van der Waals surface area contributed by atoms with Gasteiger partial charge >= 0.3 is 11.8 Å². The number of nitriles is 1. The van der Waals surface area contributed by atoms with Gasteiger partial charge in [0, 0.05) is 37.9 Å². The molecule has 23 heavy (non-hydrogen) atoms. The van der Waals surface area contributed by atoms with Gasteiger partial charge in [0.25, 0.3) is 0 Å². The highest BCUT2D eigenvalue weighted by molar-refractivity contribution is 6.35. The molecule has 1 aromatic rings. The number of nitrogens with one attached hydrogen (secondary N) is 1. The molecule has 2 aliphatic rings. The molecule has 7 heteroatoms. The largest absolute Gasteiger partial charge is 0.368 e. The summed E-state index contributed by atoms with van der Waals surface area (Å²) in [6, 6.07) is 7.52. The number of halogens is 1. The minimum Gasteiger partial charge on any atom is -0.368 e. The second-order valence-electron chi connectivity index (χ2n) is 5.80. The normalized spacial score (nSPS) is 17.6. The molecule has 0 atom stereocenters. The van der Waals surface area contributed by atoms with Crippen molar-refractivity contribution in [3.63, 3.8) is 0 Å². The molecule has 1 saturated heterocycles. The Bertz CT molecular complexity index is 673. The van der Waals surface area contributed by atoms with E-state index in [0.717, 1.165) is 18.5 Å². The average molecular weight is 333 g/mol. The van der Waals surface area contributed by atoms with Crippen LogP contribution in [0.15, 0.2) is 18.2 Å². The first kappa shape index (κ1) is 15.6. The van der Waals surface area contributed by atoms with E-state index < -0.39 is 11.8 Å². The van der Waals surface area contributed by atoms with Gasteiger partial charge < -0.3 is 15.1 Å². The molecule has 6 nitrogen and oxygen atoms in total. The first-order valence-electron chi connectivity index (χ1n) is 7.63. The lowest BCUT2D eigenvalue weighted by atomic mass is 10.2. The second-order valence-corrected chi connectivity index (χ2v) is 6.21. The second kappa shape index (κ2) is 6.47. The first-order chi connectivity index (χ1) is 11.1. The molecule has 0 spiro atoms. The lowest BCUT2D eigenvalue weighted by Gasteiger charge is -2.35. The van der Waals surface area contributed by atoms with Gasteiger partial charge in [-0.25, -0.2) is 0 Å². The van der Waals surface area contributed by atoms with Crippen LogP contribution in [0.25, 0.3) is 0 Å². The van der Waals surface area contributed by atoms with Gasteiger partial charge in [-0.05, 0) is 31.0 Å². The summed E-state index contributed by atoms with van der Waals surface area (Å²) in [6.07, 6.45) is 1.93. The molecule has 0 unspecified atom stereocenters. The number of anilines is 1. The summed E-state index contributed by atoms with van der Waals surface area (Å²) in [6.45, 7) is 2.25. The van der Waals surface area contributed by atoms with Crippen molar-refractivity contribution in [2.24, 2.45) is 0 Å². The van der Waals surface area contributed by atoms with Crippen molar-refractivity contribution >= 4 is 29.1 Å². The minimum absolute atomic E-state index is 0.188. The topological polar surface area (TPSA) is 76.4 Å². The van der Waals surface area contributed by atoms with Crippen molar-refractivity contribution in [2.45, 2.75) is 18.9 Å². The quantitative estimate of drug-likeness (QED) is 0.824. The van der Waals surface area contributed by atoms with Gasteiger partial charge in [0.1, 0.15) is 6.07 Å². The molecule has 1 aliphatic heterocycles. The molecule has 3 rings (SSSR count). The number of carbonyl (C=O) groups excluding carboxylic acids is 2. The van der Waals surface area contributed by atoms with Crippen LogP contribution in [-0.4, -0.2) is 48.9 Å². The predicted molar refractivity (Wildman–Crippen MR) is 86.1 cm³/mol. The third-order valence-electron chi connectivity index (χ3n) is 4.11. The molecule has 0 radical (unpaired) electrons. The SMILES string of the molecule is N#Cc1ccc(N2CCN(C(=O)C(=O)NC3CC3)CC2)cc1Cl. The minimum atomic E-state index is -0.498. The number of nitrogens with zero attached hydrogens (tertiary/aromatic N) is 3. The van der Waals surface area contributed by atoms with Crippen LogP contribution in [0.3, 0.4) is 0 Å². The maximum atomic E-state index is 12.1. The number of hydrogen-bond acceptors (Lipinski definition) is 4. The van der Waals surface area contributed by atoms with E-state index in [9.17, 15) is 9.59 Å². The van der Waals surface area contributed by atoms with E-state index in [1.165, 1.54) is 0 Å². The zero-order valence-corrected chi connectivity index (χ0v) is 13.3. The van der Waals surface area contributed by atoms with Gasteiger partial charge in [-0.15, -0.1) is 0 Å². The van der Waals surface area contributed by atoms with Crippen LogP contribution in [0, 0.1) is 11.3 Å². The van der Waals surface area contributed by atoms with E-state index in [1.807, 2.05) is 12.1 Å².